The van der Waals surface area contributed by atoms with Crippen molar-refractivity contribution in [2.24, 2.45) is 5.92 Å². The van der Waals surface area contributed by atoms with Crippen LogP contribution in [0, 0.1) is 5.92 Å². The quantitative estimate of drug-likeness (QED) is 0.591. The Bertz CT molecular complexity index is 336. The van der Waals surface area contributed by atoms with Crippen molar-refractivity contribution >= 4 is 11.6 Å². The highest BCUT2D eigenvalue weighted by Crippen LogP contribution is 2.31. The first kappa shape index (κ1) is 11.8. The molecule has 1 fully saturated rings. The van der Waals surface area contributed by atoms with Crippen molar-refractivity contribution in [3.8, 4) is 0 Å². The largest absolute Gasteiger partial charge is 0.225 e. The highest BCUT2D eigenvalue weighted by molar-refractivity contribution is 6.20. The number of tetrazole rings is 1. The monoisotopic (exact) mass is 242 g/mol. The molecule has 90 valence electrons. The van der Waals surface area contributed by atoms with Crippen molar-refractivity contribution in [3.63, 3.8) is 0 Å². The molecule has 2 rings (SSSR count). The second-order valence-electron chi connectivity index (χ2n) is 4.86. The summed E-state index contributed by atoms with van der Waals surface area (Å²) in [5, 5.41) is 11.7. The minimum absolute atomic E-state index is 0.115. The van der Waals surface area contributed by atoms with Gasteiger partial charge < -0.3 is 0 Å². The van der Waals surface area contributed by atoms with Gasteiger partial charge in [-0.1, -0.05) is 19.8 Å². The Balaban J connectivity index is 2.13. The predicted octanol–water partition coefficient (Wildman–Crippen LogP) is 3.11. The first-order chi connectivity index (χ1) is 7.68. The molecule has 0 aromatic carbocycles. The fourth-order valence-corrected chi connectivity index (χ4v) is 2.58. The van der Waals surface area contributed by atoms with Crippen LogP contribution in [0.4, 0.5) is 0 Å². The molecule has 0 amide bonds. The van der Waals surface area contributed by atoms with Crippen LogP contribution >= 0.6 is 11.6 Å². The lowest BCUT2D eigenvalue weighted by Gasteiger charge is -2.16. The summed E-state index contributed by atoms with van der Waals surface area (Å²) >= 11 is 6.08. The van der Waals surface area contributed by atoms with Crippen molar-refractivity contribution in [2.45, 2.75) is 57.4 Å². The van der Waals surface area contributed by atoms with Crippen LogP contribution in [0.3, 0.4) is 0 Å². The van der Waals surface area contributed by atoms with Gasteiger partial charge in [-0.25, -0.2) is 4.68 Å². The maximum absolute atomic E-state index is 6.08. The molecule has 1 aromatic rings. The third kappa shape index (κ3) is 2.54. The van der Waals surface area contributed by atoms with E-state index in [-0.39, 0.29) is 5.38 Å². The third-order valence-electron chi connectivity index (χ3n) is 3.45. The second kappa shape index (κ2) is 5.13. The lowest BCUT2D eigenvalue weighted by molar-refractivity contribution is 0.379. The number of alkyl halides is 1. The maximum atomic E-state index is 6.08. The fourth-order valence-electron chi connectivity index (χ4n) is 2.43. The molecular weight excluding hydrogens is 224 g/mol. The van der Waals surface area contributed by atoms with E-state index in [1.54, 1.807) is 0 Å². The number of nitrogens with zero attached hydrogens (tertiary/aromatic N) is 4. The molecule has 3 unspecified atom stereocenters. The molecule has 1 saturated carbocycles. The number of rotatable bonds is 2. The molecule has 5 heteroatoms. The fraction of sp³-hybridized carbons (Fsp3) is 0.909. The number of hydrogen-bond donors (Lipinski definition) is 0. The Morgan fingerprint density at radius 2 is 2.12 bits per heavy atom. The minimum Gasteiger partial charge on any atom is -0.225 e. The molecule has 0 radical (unpaired) electrons. The van der Waals surface area contributed by atoms with E-state index in [4.69, 9.17) is 11.6 Å². The molecule has 3 atom stereocenters. The van der Waals surface area contributed by atoms with Gasteiger partial charge in [0.05, 0.1) is 11.4 Å². The zero-order valence-electron chi connectivity index (χ0n) is 9.93. The second-order valence-corrected chi connectivity index (χ2v) is 5.52. The molecule has 4 nitrogen and oxygen atoms in total. The van der Waals surface area contributed by atoms with Crippen LogP contribution in [0.25, 0.3) is 0 Å². The Labute approximate surface area is 101 Å². The predicted molar refractivity (Wildman–Crippen MR) is 63.4 cm³/mol. The van der Waals surface area contributed by atoms with Gasteiger partial charge in [-0.15, -0.1) is 16.7 Å². The summed E-state index contributed by atoms with van der Waals surface area (Å²) in [5.74, 6) is 1.64. The number of halogens is 1. The van der Waals surface area contributed by atoms with Crippen molar-refractivity contribution in [2.75, 3.05) is 0 Å². The van der Waals surface area contributed by atoms with E-state index in [9.17, 15) is 0 Å². The summed E-state index contributed by atoms with van der Waals surface area (Å²) < 4.78 is 1.94. The normalized spacial score (nSPS) is 28.7. The highest BCUT2D eigenvalue weighted by Gasteiger charge is 2.22. The molecule has 1 aromatic heterocycles. The van der Waals surface area contributed by atoms with Crippen molar-refractivity contribution < 1.29 is 0 Å². The van der Waals surface area contributed by atoms with E-state index in [0.717, 1.165) is 11.7 Å². The topological polar surface area (TPSA) is 43.6 Å². The average molecular weight is 243 g/mol. The molecule has 16 heavy (non-hydrogen) atoms. The van der Waals surface area contributed by atoms with Gasteiger partial charge >= 0.3 is 0 Å². The molecule has 1 aliphatic rings. The van der Waals surface area contributed by atoms with Crippen LogP contribution < -0.4 is 0 Å². The van der Waals surface area contributed by atoms with Gasteiger partial charge in [0.2, 0.25) is 0 Å². The summed E-state index contributed by atoms with van der Waals surface area (Å²) in [7, 11) is 0. The number of hydrogen-bond acceptors (Lipinski definition) is 3. The standard InChI is InChI=1S/C11H19ClN4/c1-8-4-3-5-10(7-6-8)16-11(9(2)12)13-14-15-16/h8-10H,3-7H2,1-2H3. The average Bonchev–Trinajstić information content (AvgIpc) is 2.63. The van der Waals surface area contributed by atoms with Crippen LogP contribution in [0.15, 0.2) is 0 Å². The summed E-state index contributed by atoms with van der Waals surface area (Å²) in [6, 6.07) is 0.441. The van der Waals surface area contributed by atoms with Gasteiger partial charge in [0.15, 0.2) is 5.82 Å². The Morgan fingerprint density at radius 3 is 2.88 bits per heavy atom. The van der Waals surface area contributed by atoms with Gasteiger partial charge in [0, 0.05) is 0 Å². The first-order valence-electron chi connectivity index (χ1n) is 6.10. The maximum Gasteiger partial charge on any atom is 0.169 e. The van der Waals surface area contributed by atoms with Crippen LogP contribution in [0.1, 0.15) is 63.2 Å². The summed E-state index contributed by atoms with van der Waals surface area (Å²) in [5.41, 5.74) is 0. The van der Waals surface area contributed by atoms with Gasteiger partial charge in [-0.2, -0.15) is 0 Å². The van der Waals surface area contributed by atoms with Crippen LogP contribution in [0.5, 0.6) is 0 Å². The van der Waals surface area contributed by atoms with E-state index in [1.807, 2.05) is 11.6 Å². The lowest BCUT2D eigenvalue weighted by atomic mass is 10.0. The molecular formula is C11H19ClN4. The molecule has 0 N–H and O–H groups in total. The van der Waals surface area contributed by atoms with Crippen LogP contribution in [-0.2, 0) is 0 Å². The minimum atomic E-state index is -0.115. The summed E-state index contributed by atoms with van der Waals surface area (Å²) in [4.78, 5) is 0. The lowest BCUT2D eigenvalue weighted by Crippen LogP contribution is -2.14. The Morgan fingerprint density at radius 1 is 1.31 bits per heavy atom. The smallest absolute Gasteiger partial charge is 0.169 e. The molecule has 0 aliphatic heterocycles. The Hall–Kier alpha value is -0.640. The zero-order chi connectivity index (χ0) is 11.5. The van der Waals surface area contributed by atoms with Crippen molar-refractivity contribution in [1.82, 2.24) is 20.2 Å². The van der Waals surface area contributed by atoms with Gasteiger partial charge in [0.1, 0.15) is 0 Å². The Kier molecular flexibility index (Phi) is 3.79. The van der Waals surface area contributed by atoms with Gasteiger partial charge in [-0.05, 0) is 42.5 Å². The molecule has 0 bridgehead atoms. The van der Waals surface area contributed by atoms with Crippen molar-refractivity contribution in [1.29, 1.82) is 0 Å². The van der Waals surface area contributed by atoms with E-state index in [0.29, 0.717) is 6.04 Å². The molecule has 0 saturated heterocycles. The zero-order valence-corrected chi connectivity index (χ0v) is 10.7. The molecule has 1 heterocycles. The van der Waals surface area contributed by atoms with Crippen molar-refractivity contribution in [3.05, 3.63) is 5.82 Å². The van der Waals surface area contributed by atoms with Gasteiger partial charge in [0.25, 0.3) is 0 Å². The van der Waals surface area contributed by atoms with E-state index >= 15 is 0 Å². The third-order valence-corrected chi connectivity index (χ3v) is 3.64. The van der Waals surface area contributed by atoms with E-state index in [1.165, 1.54) is 32.1 Å². The SMILES string of the molecule is CC1CCCC(n2nnnc2C(C)Cl)CC1. The molecule has 0 spiro atoms. The number of aromatic nitrogens is 4. The van der Waals surface area contributed by atoms with E-state index < -0.39 is 0 Å². The van der Waals surface area contributed by atoms with E-state index in [2.05, 4.69) is 22.4 Å². The highest BCUT2D eigenvalue weighted by atomic mass is 35.5. The van der Waals surface area contributed by atoms with Crippen LogP contribution in [-0.4, -0.2) is 20.2 Å². The van der Waals surface area contributed by atoms with Crippen LogP contribution in [0.2, 0.25) is 0 Å². The van der Waals surface area contributed by atoms with Gasteiger partial charge in [-0.3, -0.25) is 0 Å². The first-order valence-corrected chi connectivity index (χ1v) is 6.54. The summed E-state index contributed by atoms with van der Waals surface area (Å²) in [6.07, 6.45) is 6.20. The summed E-state index contributed by atoms with van der Waals surface area (Å²) in [6.45, 7) is 4.25. The molecule has 1 aliphatic carbocycles.